The molecule has 1 saturated heterocycles. The van der Waals surface area contributed by atoms with Crippen LogP contribution in [-0.2, 0) is 11.2 Å². The lowest BCUT2D eigenvalue weighted by atomic mass is 10.1. The molecular weight excluding hydrogens is 350 g/mol. The SMILES string of the molecule is COc1ccc(N2CCN(C)CC2)cc1NC(=O)Cc1cccc(Cl)c1. The van der Waals surface area contributed by atoms with E-state index in [9.17, 15) is 4.79 Å². The molecule has 138 valence electrons. The number of hydrogen-bond donors (Lipinski definition) is 1. The van der Waals surface area contributed by atoms with E-state index < -0.39 is 0 Å². The van der Waals surface area contributed by atoms with Crippen LogP contribution in [0.4, 0.5) is 11.4 Å². The number of nitrogens with one attached hydrogen (secondary N) is 1. The average molecular weight is 374 g/mol. The molecule has 1 heterocycles. The zero-order chi connectivity index (χ0) is 18.5. The van der Waals surface area contributed by atoms with E-state index in [1.807, 2.05) is 30.3 Å². The van der Waals surface area contributed by atoms with Gasteiger partial charge < -0.3 is 19.9 Å². The van der Waals surface area contributed by atoms with E-state index in [4.69, 9.17) is 16.3 Å². The smallest absolute Gasteiger partial charge is 0.228 e. The number of likely N-dealkylation sites (N-methyl/N-ethyl adjacent to an activating group) is 1. The zero-order valence-corrected chi connectivity index (χ0v) is 15.9. The van der Waals surface area contributed by atoms with Gasteiger partial charge in [-0.05, 0) is 42.9 Å². The van der Waals surface area contributed by atoms with E-state index in [-0.39, 0.29) is 12.3 Å². The van der Waals surface area contributed by atoms with Gasteiger partial charge in [-0.15, -0.1) is 0 Å². The summed E-state index contributed by atoms with van der Waals surface area (Å²) in [4.78, 5) is 17.1. The van der Waals surface area contributed by atoms with E-state index in [0.717, 1.165) is 37.4 Å². The Morgan fingerprint density at radius 1 is 1.15 bits per heavy atom. The van der Waals surface area contributed by atoms with Crippen LogP contribution in [0.15, 0.2) is 42.5 Å². The lowest BCUT2D eigenvalue weighted by Crippen LogP contribution is -2.44. The van der Waals surface area contributed by atoms with Crippen molar-refractivity contribution in [2.75, 3.05) is 50.6 Å². The fraction of sp³-hybridized carbons (Fsp3) is 0.350. The van der Waals surface area contributed by atoms with Crippen LogP contribution in [0.1, 0.15) is 5.56 Å². The number of nitrogens with zero attached hydrogens (tertiary/aromatic N) is 2. The van der Waals surface area contributed by atoms with E-state index in [0.29, 0.717) is 16.5 Å². The molecule has 1 aliphatic heterocycles. The molecule has 3 rings (SSSR count). The Morgan fingerprint density at radius 2 is 1.92 bits per heavy atom. The number of hydrogen-bond acceptors (Lipinski definition) is 4. The zero-order valence-electron chi connectivity index (χ0n) is 15.2. The quantitative estimate of drug-likeness (QED) is 0.873. The number of rotatable bonds is 5. The fourth-order valence-corrected chi connectivity index (χ4v) is 3.29. The highest BCUT2D eigenvalue weighted by Gasteiger charge is 2.16. The number of ether oxygens (including phenoxy) is 1. The van der Waals surface area contributed by atoms with Crippen molar-refractivity contribution in [3.05, 3.63) is 53.1 Å². The van der Waals surface area contributed by atoms with E-state index in [1.165, 1.54) is 0 Å². The van der Waals surface area contributed by atoms with Crippen LogP contribution in [0.3, 0.4) is 0 Å². The predicted molar refractivity (Wildman–Crippen MR) is 106 cm³/mol. The summed E-state index contributed by atoms with van der Waals surface area (Å²) >= 11 is 5.99. The average Bonchev–Trinajstić information content (AvgIpc) is 2.62. The lowest BCUT2D eigenvalue weighted by Gasteiger charge is -2.34. The summed E-state index contributed by atoms with van der Waals surface area (Å²) < 4.78 is 5.41. The molecule has 0 atom stereocenters. The number of carbonyl (C=O) groups excluding carboxylic acids is 1. The minimum Gasteiger partial charge on any atom is -0.495 e. The van der Waals surface area contributed by atoms with Crippen molar-refractivity contribution < 1.29 is 9.53 Å². The molecule has 1 fully saturated rings. The Labute approximate surface area is 159 Å². The monoisotopic (exact) mass is 373 g/mol. The molecule has 0 saturated carbocycles. The molecule has 0 unspecified atom stereocenters. The van der Waals surface area contributed by atoms with Crippen molar-refractivity contribution in [2.24, 2.45) is 0 Å². The van der Waals surface area contributed by atoms with Gasteiger partial charge in [-0.1, -0.05) is 23.7 Å². The minimum atomic E-state index is -0.0962. The largest absolute Gasteiger partial charge is 0.495 e. The highest BCUT2D eigenvalue weighted by Crippen LogP contribution is 2.30. The topological polar surface area (TPSA) is 44.8 Å². The van der Waals surface area contributed by atoms with Crippen LogP contribution >= 0.6 is 11.6 Å². The first-order chi connectivity index (χ1) is 12.5. The van der Waals surface area contributed by atoms with Crippen molar-refractivity contribution in [1.82, 2.24) is 4.90 Å². The van der Waals surface area contributed by atoms with Gasteiger partial charge >= 0.3 is 0 Å². The molecule has 5 nitrogen and oxygen atoms in total. The van der Waals surface area contributed by atoms with Gasteiger partial charge in [0.25, 0.3) is 0 Å². The second-order valence-corrected chi connectivity index (χ2v) is 6.97. The summed E-state index contributed by atoms with van der Waals surface area (Å²) in [6.45, 7) is 4.00. The Balaban J connectivity index is 1.73. The van der Waals surface area contributed by atoms with Crippen molar-refractivity contribution in [1.29, 1.82) is 0 Å². The number of halogens is 1. The first-order valence-electron chi connectivity index (χ1n) is 8.71. The molecule has 0 aliphatic carbocycles. The predicted octanol–water partition coefficient (Wildman–Crippen LogP) is 3.28. The van der Waals surface area contributed by atoms with E-state index >= 15 is 0 Å². The van der Waals surface area contributed by atoms with E-state index in [2.05, 4.69) is 22.2 Å². The summed E-state index contributed by atoms with van der Waals surface area (Å²) in [5.41, 5.74) is 2.66. The molecule has 0 spiro atoms. The highest BCUT2D eigenvalue weighted by molar-refractivity contribution is 6.30. The minimum absolute atomic E-state index is 0.0962. The Morgan fingerprint density at radius 3 is 2.62 bits per heavy atom. The van der Waals surface area contributed by atoms with Gasteiger partial charge in [0.2, 0.25) is 5.91 Å². The maximum atomic E-state index is 12.5. The van der Waals surface area contributed by atoms with Crippen LogP contribution in [0.25, 0.3) is 0 Å². The van der Waals surface area contributed by atoms with Gasteiger partial charge in [0.1, 0.15) is 5.75 Å². The third-order valence-corrected chi connectivity index (χ3v) is 4.81. The first kappa shape index (κ1) is 18.5. The van der Waals surface area contributed by atoms with Crippen LogP contribution in [-0.4, -0.2) is 51.1 Å². The second-order valence-electron chi connectivity index (χ2n) is 6.53. The Kier molecular flexibility index (Phi) is 6.01. The van der Waals surface area contributed by atoms with Gasteiger partial charge in [-0.2, -0.15) is 0 Å². The summed E-state index contributed by atoms with van der Waals surface area (Å²) in [7, 11) is 3.74. The molecule has 0 aromatic heterocycles. The number of benzene rings is 2. The molecular formula is C20H24ClN3O2. The standard InChI is InChI=1S/C20H24ClN3O2/c1-23-8-10-24(11-9-23)17-6-7-19(26-2)18(14-17)22-20(25)13-15-4-3-5-16(21)12-15/h3-7,12,14H,8-11,13H2,1-2H3,(H,22,25). The molecule has 2 aromatic carbocycles. The van der Waals surface area contributed by atoms with Gasteiger partial charge in [0.15, 0.2) is 0 Å². The van der Waals surface area contributed by atoms with Gasteiger partial charge in [-0.25, -0.2) is 0 Å². The molecule has 1 amide bonds. The van der Waals surface area contributed by atoms with Gasteiger partial charge in [0.05, 0.1) is 19.2 Å². The molecule has 2 aromatic rings. The van der Waals surface area contributed by atoms with E-state index in [1.54, 1.807) is 19.2 Å². The van der Waals surface area contributed by atoms with Crippen molar-refractivity contribution >= 4 is 28.9 Å². The third-order valence-electron chi connectivity index (χ3n) is 4.58. The molecule has 6 heteroatoms. The number of carbonyl (C=O) groups is 1. The summed E-state index contributed by atoms with van der Waals surface area (Å²) in [6, 6.07) is 13.3. The summed E-state index contributed by atoms with van der Waals surface area (Å²) in [5.74, 6) is 0.559. The fourth-order valence-electron chi connectivity index (χ4n) is 3.08. The van der Waals surface area contributed by atoms with Crippen molar-refractivity contribution in [3.63, 3.8) is 0 Å². The Hall–Kier alpha value is -2.24. The van der Waals surface area contributed by atoms with Gasteiger partial charge in [0, 0.05) is 36.9 Å². The van der Waals surface area contributed by atoms with Gasteiger partial charge in [-0.3, -0.25) is 4.79 Å². The molecule has 0 bridgehead atoms. The lowest BCUT2D eigenvalue weighted by molar-refractivity contribution is -0.115. The Bertz CT molecular complexity index is 773. The van der Waals surface area contributed by atoms with Crippen LogP contribution in [0, 0.1) is 0 Å². The number of amides is 1. The number of methoxy groups -OCH3 is 1. The van der Waals surface area contributed by atoms with Crippen molar-refractivity contribution in [3.8, 4) is 5.75 Å². The molecule has 1 aliphatic rings. The first-order valence-corrected chi connectivity index (χ1v) is 9.09. The molecule has 26 heavy (non-hydrogen) atoms. The summed E-state index contributed by atoms with van der Waals surface area (Å²) in [5, 5.41) is 3.60. The maximum Gasteiger partial charge on any atom is 0.228 e. The number of anilines is 2. The van der Waals surface area contributed by atoms with Crippen molar-refractivity contribution in [2.45, 2.75) is 6.42 Å². The highest BCUT2D eigenvalue weighted by atomic mass is 35.5. The van der Waals surface area contributed by atoms with Crippen LogP contribution < -0.4 is 15.0 Å². The molecule has 0 radical (unpaired) electrons. The molecule has 1 N–H and O–H groups in total. The third kappa shape index (κ3) is 4.68. The van der Waals surface area contributed by atoms with Crippen LogP contribution in [0.2, 0.25) is 5.02 Å². The van der Waals surface area contributed by atoms with Crippen LogP contribution in [0.5, 0.6) is 5.75 Å². The number of piperazine rings is 1. The maximum absolute atomic E-state index is 12.5. The second kappa shape index (κ2) is 8.43. The summed E-state index contributed by atoms with van der Waals surface area (Å²) in [6.07, 6.45) is 0.266. The normalized spacial score (nSPS) is 15.0.